The van der Waals surface area contributed by atoms with Gasteiger partial charge in [-0.2, -0.15) is 0 Å². The van der Waals surface area contributed by atoms with E-state index in [2.05, 4.69) is 237 Å². The summed E-state index contributed by atoms with van der Waals surface area (Å²) in [5.74, 6) is 1.83. The number of hydrogen-bond acceptors (Lipinski definition) is 3. The van der Waals surface area contributed by atoms with E-state index >= 15 is 0 Å². The molecule has 2 aliphatic carbocycles. The van der Waals surface area contributed by atoms with Gasteiger partial charge >= 0.3 is 0 Å². The highest BCUT2D eigenvalue weighted by Crippen LogP contribution is 2.66. The van der Waals surface area contributed by atoms with Gasteiger partial charge in [0.05, 0.1) is 16.8 Å². The van der Waals surface area contributed by atoms with E-state index < -0.39 is 5.41 Å². The van der Waals surface area contributed by atoms with Gasteiger partial charge in [-0.3, -0.25) is 0 Å². The predicted molar refractivity (Wildman–Crippen MR) is 284 cm³/mol. The number of hydrogen-bond donors (Lipinski definition) is 0. The number of rotatable bonds is 4. The Kier molecular flexibility index (Phi) is 7.77. The Morgan fingerprint density at radius 1 is 0.362 bits per heavy atom. The monoisotopic (exact) mass is 881 g/mol. The zero-order valence-electron chi connectivity index (χ0n) is 38.1. The lowest BCUT2D eigenvalue weighted by Gasteiger charge is -2.40. The van der Waals surface area contributed by atoms with Gasteiger partial charge in [0.2, 0.25) is 0 Å². The average Bonchev–Trinajstić information content (AvgIpc) is 4.01. The van der Waals surface area contributed by atoms with E-state index in [0.29, 0.717) is 0 Å². The smallest absolute Gasteiger partial charge is 0.143 e. The third kappa shape index (κ3) is 5.06. The highest BCUT2D eigenvalue weighted by molar-refractivity contribution is 6.10. The summed E-state index contributed by atoms with van der Waals surface area (Å²) in [5, 5.41) is 6.78. The summed E-state index contributed by atoms with van der Waals surface area (Å²) in [6.45, 7) is 4.74. The molecule has 3 heteroatoms. The van der Waals surface area contributed by atoms with E-state index in [-0.39, 0.29) is 5.41 Å². The molecule has 0 amide bonds. The molecule has 0 bridgehead atoms. The fraction of sp³-hybridized carbons (Fsp3) is 0.0606. The second-order valence-corrected chi connectivity index (χ2v) is 19.5. The largest absolute Gasteiger partial charge is 0.455 e. The van der Waals surface area contributed by atoms with E-state index in [9.17, 15) is 0 Å². The number of ether oxygens (including phenoxy) is 1. The van der Waals surface area contributed by atoms with Gasteiger partial charge < -0.3 is 14.1 Å². The van der Waals surface area contributed by atoms with Gasteiger partial charge in [-0.15, -0.1) is 0 Å². The van der Waals surface area contributed by atoms with Crippen LogP contribution in [0, 0.1) is 0 Å². The van der Waals surface area contributed by atoms with Gasteiger partial charge in [-0.1, -0.05) is 208 Å². The normalized spacial score (nSPS) is 14.3. The Labute approximate surface area is 400 Å². The average molecular weight is 882 g/mol. The van der Waals surface area contributed by atoms with Crippen molar-refractivity contribution in [3.63, 3.8) is 0 Å². The molecular weight excluding hydrogens is 839 g/mol. The Hall–Kier alpha value is -8.66. The zero-order valence-corrected chi connectivity index (χ0v) is 38.1. The summed E-state index contributed by atoms with van der Waals surface area (Å²) < 4.78 is 13.9. The molecule has 69 heavy (non-hydrogen) atoms. The Morgan fingerprint density at radius 2 is 0.870 bits per heavy atom. The first-order chi connectivity index (χ1) is 34.0. The van der Waals surface area contributed by atoms with Crippen LogP contribution < -0.4 is 9.64 Å². The molecule has 0 unspecified atom stereocenters. The van der Waals surface area contributed by atoms with E-state index in [0.717, 1.165) is 94.3 Å². The second kappa shape index (κ2) is 13.9. The first kappa shape index (κ1) is 38.4. The van der Waals surface area contributed by atoms with Crippen LogP contribution in [0.15, 0.2) is 229 Å². The van der Waals surface area contributed by atoms with Crippen molar-refractivity contribution in [3.05, 3.63) is 258 Å². The van der Waals surface area contributed by atoms with Gasteiger partial charge in [0.1, 0.15) is 22.7 Å². The zero-order chi connectivity index (χ0) is 45.6. The highest BCUT2D eigenvalue weighted by Gasteiger charge is 2.53. The van der Waals surface area contributed by atoms with Crippen molar-refractivity contribution >= 4 is 60.5 Å². The number of fused-ring (bicyclic) bond motifs is 19. The predicted octanol–water partition coefficient (Wildman–Crippen LogP) is 17.8. The molecule has 3 aliphatic rings. The molecule has 15 rings (SSSR count). The van der Waals surface area contributed by atoms with Crippen LogP contribution in [0.3, 0.4) is 0 Å². The minimum absolute atomic E-state index is 0.181. The fourth-order valence-electron chi connectivity index (χ4n) is 12.7. The first-order valence-corrected chi connectivity index (χ1v) is 24.0. The Balaban J connectivity index is 1.02. The van der Waals surface area contributed by atoms with Crippen LogP contribution >= 0.6 is 0 Å². The topological polar surface area (TPSA) is 25.6 Å². The van der Waals surface area contributed by atoms with Gasteiger partial charge in [0.15, 0.2) is 0 Å². The van der Waals surface area contributed by atoms with Crippen molar-refractivity contribution in [2.24, 2.45) is 0 Å². The molecule has 12 aromatic rings. The van der Waals surface area contributed by atoms with Crippen molar-refractivity contribution in [2.75, 3.05) is 4.90 Å². The minimum atomic E-state index is -0.688. The highest BCUT2D eigenvalue weighted by atomic mass is 16.5. The van der Waals surface area contributed by atoms with Crippen molar-refractivity contribution in [1.29, 1.82) is 0 Å². The standard InChI is InChI=1S/C66H43NO2/c1-65(2)51-25-10-7-21-49(51)60-53(65)27-14-29-57(60)67(43-36-32-42(33-37-43)44-23-13-24-48-47-20-9-12-31-59(47)68-62(44)48)58-30-15-28-54-61(58)50-22-8-11-26-52(50)66(54)55-38-34-40-16-3-5-18-45(40)63(55)69-64-46-19-6-4-17-41(46)35-39-56(64)66/h3-39H,1-2H3. The summed E-state index contributed by atoms with van der Waals surface area (Å²) in [7, 11) is 0. The third-order valence-electron chi connectivity index (χ3n) is 15.7. The molecule has 3 nitrogen and oxygen atoms in total. The molecule has 0 fully saturated rings. The molecule has 1 aromatic heterocycles. The van der Waals surface area contributed by atoms with Crippen molar-refractivity contribution < 1.29 is 9.15 Å². The summed E-state index contributed by atoms with van der Waals surface area (Å²) in [4.78, 5) is 2.54. The lowest BCUT2D eigenvalue weighted by Crippen LogP contribution is -2.32. The van der Waals surface area contributed by atoms with Crippen LogP contribution in [-0.2, 0) is 10.8 Å². The summed E-state index contributed by atoms with van der Waals surface area (Å²) in [6.07, 6.45) is 0. The Bertz CT molecular complexity index is 4070. The van der Waals surface area contributed by atoms with Crippen LogP contribution in [-0.4, -0.2) is 0 Å². The maximum absolute atomic E-state index is 7.31. The number of furan rings is 1. The van der Waals surface area contributed by atoms with Crippen molar-refractivity contribution in [3.8, 4) is 44.9 Å². The maximum Gasteiger partial charge on any atom is 0.143 e. The van der Waals surface area contributed by atoms with E-state index in [1.165, 1.54) is 44.5 Å². The minimum Gasteiger partial charge on any atom is -0.455 e. The van der Waals surface area contributed by atoms with E-state index in [1.807, 2.05) is 6.07 Å². The quantitative estimate of drug-likeness (QED) is 0.176. The maximum atomic E-state index is 7.31. The second-order valence-electron chi connectivity index (χ2n) is 19.5. The van der Waals surface area contributed by atoms with Crippen LogP contribution in [0.2, 0.25) is 0 Å². The van der Waals surface area contributed by atoms with Crippen LogP contribution in [0.25, 0.3) is 76.9 Å². The molecule has 0 atom stereocenters. The lowest BCUT2D eigenvalue weighted by molar-refractivity contribution is 0.447. The van der Waals surface area contributed by atoms with Gasteiger partial charge in [-0.05, 0) is 80.0 Å². The molecule has 2 heterocycles. The number of anilines is 3. The molecule has 0 radical (unpaired) electrons. The lowest BCUT2D eigenvalue weighted by atomic mass is 9.65. The molecule has 1 spiro atoms. The first-order valence-electron chi connectivity index (χ1n) is 24.0. The molecular formula is C66H43NO2. The van der Waals surface area contributed by atoms with E-state index in [4.69, 9.17) is 9.15 Å². The van der Waals surface area contributed by atoms with Gasteiger partial charge in [-0.25, -0.2) is 0 Å². The Morgan fingerprint density at radius 3 is 1.57 bits per heavy atom. The summed E-state index contributed by atoms with van der Waals surface area (Å²) in [5.41, 5.74) is 18.9. The van der Waals surface area contributed by atoms with Crippen molar-refractivity contribution in [2.45, 2.75) is 24.7 Å². The molecule has 324 valence electrons. The third-order valence-corrected chi connectivity index (χ3v) is 15.7. The molecule has 11 aromatic carbocycles. The fourth-order valence-corrected chi connectivity index (χ4v) is 12.7. The van der Waals surface area contributed by atoms with Crippen LogP contribution in [0.5, 0.6) is 11.5 Å². The van der Waals surface area contributed by atoms with Crippen LogP contribution in [0.1, 0.15) is 47.2 Å². The van der Waals surface area contributed by atoms with Crippen molar-refractivity contribution in [1.82, 2.24) is 0 Å². The number of nitrogens with zero attached hydrogens (tertiary/aromatic N) is 1. The van der Waals surface area contributed by atoms with Crippen LogP contribution in [0.4, 0.5) is 17.1 Å². The molecule has 0 saturated heterocycles. The molecule has 0 saturated carbocycles. The van der Waals surface area contributed by atoms with Gasteiger partial charge in [0.25, 0.3) is 0 Å². The summed E-state index contributed by atoms with van der Waals surface area (Å²) >= 11 is 0. The molecule has 1 aliphatic heterocycles. The number of benzene rings is 11. The molecule has 0 N–H and O–H groups in total. The van der Waals surface area contributed by atoms with Gasteiger partial charge in [0, 0.05) is 60.5 Å². The number of para-hydroxylation sites is 2. The summed E-state index contributed by atoms with van der Waals surface area (Å²) in [6, 6.07) is 82.5. The SMILES string of the molecule is CC1(C)c2ccccc2-c2c(N(c3ccc(-c4cccc5c4oc4ccccc45)cc3)c3cccc4c3-c3ccccc3C43c4ccc5ccccc5c4Oc4c3ccc3ccccc43)cccc21. The van der Waals surface area contributed by atoms with E-state index in [1.54, 1.807) is 0 Å².